The van der Waals surface area contributed by atoms with Crippen LogP contribution >= 0.6 is 0 Å². The normalized spacial score (nSPS) is 19.6. The molecule has 0 spiro atoms. The van der Waals surface area contributed by atoms with Gasteiger partial charge in [0.25, 0.3) is 0 Å². The van der Waals surface area contributed by atoms with Crippen LogP contribution in [0.5, 0.6) is 0 Å². The maximum absolute atomic E-state index is 11.9. The van der Waals surface area contributed by atoms with E-state index in [0.29, 0.717) is 26.1 Å². The first kappa shape index (κ1) is 12.5. The third kappa shape index (κ3) is 2.98. The summed E-state index contributed by atoms with van der Waals surface area (Å²) in [6, 6.07) is -0.119. The fourth-order valence-corrected chi connectivity index (χ4v) is 1.85. The van der Waals surface area contributed by atoms with Gasteiger partial charge in [-0.2, -0.15) is 0 Å². The van der Waals surface area contributed by atoms with Crippen LogP contribution in [0, 0.1) is 5.92 Å². The van der Waals surface area contributed by atoms with Crippen LogP contribution in [0.2, 0.25) is 0 Å². The molecule has 0 aromatic rings. The quantitative estimate of drug-likeness (QED) is 0.731. The number of hydrogen-bond donors (Lipinski definition) is 1. The van der Waals surface area contributed by atoms with E-state index in [4.69, 9.17) is 5.11 Å². The summed E-state index contributed by atoms with van der Waals surface area (Å²) in [6.45, 7) is 6.94. The highest BCUT2D eigenvalue weighted by molar-refractivity contribution is 5.77. The second-order valence-electron chi connectivity index (χ2n) is 4.37. The molecule has 1 rings (SSSR count). The van der Waals surface area contributed by atoms with Crippen LogP contribution in [0.15, 0.2) is 12.2 Å². The van der Waals surface area contributed by atoms with Gasteiger partial charge in [-0.3, -0.25) is 4.79 Å². The van der Waals surface area contributed by atoms with Crippen molar-refractivity contribution in [3.05, 3.63) is 12.2 Å². The van der Waals surface area contributed by atoms with Crippen molar-refractivity contribution in [1.82, 2.24) is 9.80 Å². The Morgan fingerprint density at radius 3 is 2.62 bits per heavy atom. The summed E-state index contributed by atoms with van der Waals surface area (Å²) in [5.74, 6) is -1.24. The lowest BCUT2D eigenvalue weighted by Gasteiger charge is -2.24. The van der Waals surface area contributed by atoms with Gasteiger partial charge in [0.2, 0.25) is 0 Å². The predicted molar refractivity (Wildman–Crippen MR) is 60.2 cm³/mol. The van der Waals surface area contributed by atoms with E-state index in [9.17, 15) is 9.59 Å². The van der Waals surface area contributed by atoms with Gasteiger partial charge in [0.15, 0.2) is 0 Å². The first-order chi connectivity index (χ1) is 7.41. The Labute approximate surface area is 95.3 Å². The molecular formula is C11H18N2O3. The van der Waals surface area contributed by atoms with E-state index in [2.05, 4.69) is 6.58 Å². The number of likely N-dealkylation sites (tertiary alicyclic amines) is 1. The molecule has 1 heterocycles. The first-order valence-electron chi connectivity index (χ1n) is 5.29. The summed E-state index contributed by atoms with van der Waals surface area (Å²) in [5, 5.41) is 8.83. The molecule has 90 valence electrons. The van der Waals surface area contributed by atoms with Crippen molar-refractivity contribution in [2.45, 2.75) is 13.3 Å². The number of amides is 2. The molecule has 1 N–H and O–H groups in total. The Bertz CT molecular complexity index is 314. The molecule has 1 saturated heterocycles. The van der Waals surface area contributed by atoms with Crippen molar-refractivity contribution < 1.29 is 14.7 Å². The maximum Gasteiger partial charge on any atom is 0.320 e. The van der Waals surface area contributed by atoms with Gasteiger partial charge < -0.3 is 14.9 Å². The zero-order valence-electron chi connectivity index (χ0n) is 9.77. The van der Waals surface area contributed by atoms with Crippen LogP contribution in [0.1, 0.15) is 13.3 Å². The van der Waals surface area contributed by atoms with Crippen molar-refractivity contribution in [2.75, 3.05) is 26.7 Å². The lowest BCUT2D eigenvalue weighted by atomic mass is 10.1. The smallest absolute Gasteiger partial charge is 0.320 e. The maximum atomic E-state index is 11.9. The Hall–Kier alpha value is -1.52. The molecule has 0 bridgehead atoms. The highest BCUT2D eigenvalue weighted by atomic mass is 16.4. The molecule has 1 aliphatic heterocycles. The molecule has 0 aliphatic carbocycles. The zero-order chi connectivity index (χ0) is 12.3. The van der Waals surface area contributed by atoms with E-state index in [0.717, 1.165) is 5.57 Å². The van der Waals surface area contributed by atoms with Gasteiger partial charge in [0, 0.05) is 26.7 Å². The monoisotopic (exact) mass is 226 g/mol. The second-order valence-corrected chi connectivity index (χ2v) is 4.37. The number of aliphatic carboxylic acids is 1. The lowest BCUT2D eigenvalue weighted by Crippen LogP contribution is -2.40. The minimum Gasteiger partial charge on any atom is -0.481 e. The summed E-state index contributed by atoms with van der Waals surface area (Å²) in [5.41, 5.74) is 0.907. The average molecular weight is 226 g/mol. The summed E-state index contributed by atoms with van der Waals surface area (Å²) in [6.07, 6.45) is 0.544. The number of likely N-dealkylation sites (N-methyl/N-ethyl adjacent to an activating group) is 1. The molecule has 5 heteroatoms. The third-order valence-electron chi connectivity index (χ3n) is 2.64. The summed E-state index contributed by atoms with van der Waals surface area (Å²) in [7, 11) is 1.70. The number of rotatable bonds is 3. The molecule has 0 aromatic heterocycles. The number of urea groups is 1. The number of carboxylic acids is 1. The molecule has 1 aliphatic rings. The van der Waals surface area contributed by atoms with Gasteiger partial charge >= 0.3 is 12.0 Å². The highest BCUT2D eigenvalue weighted by Gasteiger charge is 2.31. The second kappa shape index (κ2) is 5.01. The number of carbonyl (C=O) groups is 2. The number of nitrogens with zero attached hydrogens (tertiary/aromatic N) is 2. The molecule has 5 nitrogen and oxygen atoms in total. The van der Waals surface area contributed by atoms with Gasteiger partial charge in [-0.1, -0.05) is 12.2 Å². The molecule has 16 heavy (non-hydrogen) atoms. The van der Waals surface area contributed by atoms with E-state index in [1.54, 1.807) is 16.8 Å². The van der Waals surface area contributed by atoms with Crippen LogP contribution < -0.4 is 0 Å². The number of carboxylic acid groups (broad SMARTS) is 1. The van der Waals surface area contributed by atoms with E-state index in [1.807, 2.05) is 6.92 Å². The molecule has 2 amide bonds. The Balaban J connectivity index is 2.50. The minimum atomic E-state index is -0.821. The molecule has 0 aromatic carbocycles. The van der Waals surface area contributed by atoms with Crippen LogP contribution in [-0.4, -0.2) is 53.6 Å². The first-order valence-corrected chi connectivity index (χ1v) is 5.29. The van der Waals surface area contributed by atoms with E-state index in [1.165, 1.54) is 0 Å². The number of hydrogen-bond acceptors (Lipinski definition) is 2. The fraction of sp³-hybridized carbons (Fsp3) is 0.636. The minimum absolute atomic E-state index is 0.119. The molecule has 1 unspecified atom stereocenters. The molecule has 0 radical (unpaired) electrons. The Morgan fingerprint density at radius 1 is 1.56 bits per heavy atom. The largest absolute Gasteiger partial charge is 0.481 e. The summed E-state index contributed by atoms with van der Waals surface area (Å²) < 4.78 is 0. The average Bonchev–Trinajstić information content (AvgIpc) is 2.64. The van der Waals surface area contributed by atoms with Gasteiger partial charge in [-0.15, -0.1) is 0 Å². The van der Waals surface area contributed by atoms with E-state index < -0.39 is 11.9 Å². The van der Waals surface area contributed by atoms with E-state index in [-0.39, 0.29) is 6.03 Å². The Kier molecular flexibility index (Phi) is 3.93. The third-order valence-corrected chi connectivity index (χ3v) is 2.64. The lowest BCUT2D eigenvalue weighted by molar-refractivity contribution is -0.141. The molecule has 1 fully saturated rings. The summed E-state index contributed by atoms with van der Waals surface area (Å²) >= 11 is 0. The zero-order valence-corrected chi connectivity index (χ0v) is 9.77. The van der Waals surface area contributed by atoms with Crippen molar-refractivity contribution in [1.29, 1.82) is 0 Å². The standard InChI is InChI=1S/C11H18N2O3/c1-8(2)6-12(3)11(16)13-5-4-9(7-13)10(14)15/h9H,1,4-7H2,2-3H3,(H,14,15). The van der Waals surface area contributed by atoms with Crippen LogP contribution in [-0.2, 0) is 4.79 Å². The molecule has 1 atom stereocenters. The van der Waals surface area contributed by atoms with Gasteiger partial charge in [0.05, 0.1) is 5.92 Å². The summed E-state index contributed by atoms with van der Waals surface area (Å²) in [4.78, 5) is 25.8. The predicted octanol–water partition coefficient (Wildman–Crippen LogP) is 1.02. The van der Waals surface area contributed by atoms with Crippen molar-refractivity contribution in [3.63, 3.8) is 0 Å². The van der Waals surface area contributed by atoms with Gasteiger partial charge in [-0.25, -0.2) is 4.79 Å². The topological polar surface area (TPSA) is 60.9 Å². The molecule has 0 saturated carbocycles. The Morgan fingerprint density at radius 2 is 2.19 bits per heavy atom. The van der Waals surface area contributed by atoms with Gasteiger partial charge in [-0.05, 0) is 13.3 Å². The van der Waals surface area contributed by atoms with Crippen molar-refractivity contribution >= 4 is 12.0 Å². The van der Waals surface area contributed by atoms with Gasteiger partial charge in [0.1, 0.15) is 0 Å². The van der Waals surface area contributed by atoms with Crippen molar-refractivity contribution in [2.24, 2.45) is 5.92 Å². The fourth-order valence-electron chi connectivity index (χ4n) is 1.85. The van der Waals surface area contributed by atoms with Crippen LogP contribution in [0.3, 0.4) is 0 Å². The highest BCUT2D eigenvalue weighted by Crippen LogP contribution is 2.17. The number of carbonyl (C=O) groups excluding carboxylic acids is 1. The SMILES string of the molecule is C=C(C)CN(C)C(=O)N1CCC(C(=O)O)C1. The van der Waals surface area contributed by atoms with Crippen LogP contribution in [0.4, 0.5) is 4.79 Å². The molecular weight excluding hydrogens is 208 g/mol. The van der Waals surface area contributed by atoms with Crippen LogP contribution in [0.25, 0.3) is 0 Å². The van der Waals surface area contributed by atoms with E-state index >= 15 is 0 Å². The van der Waals surface area contributed by atoms with Crippen molar-refractivity contribution in [3.8, 4) is 0 Å².